The average Bonchev–Trinajstić information content (AvgIpc) is 2.74. The molecule has 0 fully saturated rings. The summed E-state index contributed by atoms with van der Waals surface area (Å²) in [5.41, 5.74) is 0.0995. The summed E-state index contributed by atoms with van der Waals surface area (Å²) in [5.74, 6) is 0.835. The maximum atomic E-state index is 12.0. The van der Waals surface area contributed by atoms with E-state index in [1.165, 1.54) is 32.1 Å². The first-order valence-corrected chi connectivity index (χ1v) is 11.2. The van der Waals surface area contributed by atoms with Crippen molar-refractivity contribution in [2.24, 2.45) is 5.92 Å². The van der Waals surface area contributed by atoms with Gasteiger partial charge in [0.2, 0.25) is 0 Å². The van der Waals surface area contributed by atoms with Gasteiger partial charge in [-0.2, -0.15) is 0 Å². The third-order valence-electron chi connectivity index (χ3n) is 5.64. The predicted octanol–water partition coefficient (Wildman–Crippen LogP) is 5.88. The SMILES string of the molecule is CCCCCCCCC(O)(c1ccccc1)C(COc1ccccc1)CN(C)C. The Balaban J connectivity index is 2.14. The fraction of sp³-hybridized carbons (Fsp3) is 0.538. The zero-order valence-electron chi connectivity index (χ0n) is 18.5. The van der Waals surface area contributed by atoms with E-state index in [4.69, 9.17) is 4.74 Å². The maximum Gasteiger partial charge on any atom is 0.119 e. The van der Waals surface area contributed by atoms with Crippen molar-refractivity contribution in [1.29, 1.82) is 0 Å². The van der Waals surface area contributed by atoms with Crippen molar-refractivity contribution in [1.82, 2.24) is 4.90 Å². The van der Waals surface area contributed by atoms with Crippen molar-refractivity contribution in [3.8, 4) is 5.75 Å². The normalized spacial score (nSPS) is 14.5. The lowest BCUT2D eigenvalue weighted by Gasteiger charge is -2.38. The average molecular weight is 398 g/mol. The summed E-state index contributed by atoms with van der Waals surface area (Å²) in [6.07, 6.45) is 8.07. The van der Waals surface area contributed by atoms with Crippen LogP contribution in [0.3, 0.4) is 0 Å². The van der Waals surface area contributed by atoms with E-state index in [1.54, 1.807) is 0 Å². The van der Waals surface area contributed by atoms with E-state index in [0.717, 1.165) is 30.7 Å². The van der Waals surface area contributed by atoms with Crippen LogP contribution in [-0.2, 0) is 5.60 Å². The van der Waals surface area contributed by atoms with Gasteiger partial charge >= 0.3 is 0 Å². The fourth-order valence-corrected chi connectivity index (χ4v) is 3.98. The van der Waals surface area contributed by atoms with Gasteiger partial charge < -0.3 is 14.7 Å². The molecule has 2 aromatic carbocycles. The minimum Gasteiger partial charge on any atom is -0.493 e. The van der Waals surface area contributed by atoms with Gasteiger partial charge in [-0.05, 0) is 38.2 Å². The third-order valence-corrected chi connectivity index (χ3v) is 5.64. The van der Waals surface area contributed by atoms with E-state index in [9.17, 15) is 5.11 Å². The molecule has 2 aromatic rings. The Labute approximate surface area is 177 Å². The van der Waals surface area contributed by atoms with Crippen molar-refractivity contribution < 1.29 is 9.84 Å². The molecule has 160 valence electrons. The molecule has 0 aliphatic carbocycles. The molecular formula is C26H39NO2. The van der Waals surface area contributed by atoms with E-state index in [1.807, 2.05) is 48.5 Å². The molecule has 0 radical (unpaired) electrons. The number of ether oxygens (including phenoxy) is 1. The molecule has 0 aliphatic heterocycles. The fourth-order valence-electron chi connectivity index (χ4n) is 3.98. The second-order valence-corrected chi connectivity index (χ2v) is 8.39. The Bertz CT molecular complexity index is 659. The van der Waals surface area contributed by atoms with Gasteiger partial charge in [0.25, 0.3) is 0 Å². The van der Waals surface area contributed by atoms with Crippen LogP contribution in [0.15, 0.2) is 60.7 Å². The molecule has 2 unspecified atom stereocenters. The monoisotopic (exact) mass is 397 g/mol. The highest BCUT2D eigenvalue weighted by atomic mass is 16.5. The first kappa shape index (κ1) is 23.4. The second-order valence-electron chi connectivity index (χ2n) is 8.39. The minimum absolute atomic E-state index is 0.0178. The lowest BCUT2D eigenvalue weighted by molar-refractivity contribution is -0.0580. The van der Waals surface area contributed by atoms with Crippen molar-refractivity contribution in [2.75, 3.05) is 27.2 Å². The molecule has 3 nitrogen and oxygen atoms in total. The first-order valence-electron chi connectivity index (χ1n) is 11.2. The number of benzene rings is 2. The van der Waals surface area contributed by atoms with Crippen LogP contribution in [-0.4, -0.2) is 37.3 Å². The van der Waals surface area contributed by atoms with E-state index in [-0.39, 0.29) is 5.92 Å². The summed E-state index contributed by atoms with van der Waals surface area (Å²) in [6, 6.07) is 20.1. The first-order chi connectivity index (χ1) is 14.1. The summed E-state index contributed by atoms with van der Waals surface area (Å²) < 4.78 is 6.11. The van der Waals surface area contributed by atoms with Crippen LogP contribution in [0.1, 0.15) is 57.4 Å². The van der Waals surface area contributed by atoms with Crippen LogP contribution < -0.4 is 4.74 Å². The Morgan fingerprint density at radius 1 is 0.862 bits per heavy atom. The molecule has 0 spiro atoms. The predicted molar refractivity (Wildman–Crippen MR) is 122 cm³/mol. The van der Waals surface area contributed by atoms with Crippen LogP contribution >= 0.6 is 0 Å². The van der Waals surface area contributed by atoms with Crippen molar-refractivity contribution in [3.05, 3.63) is 66.2 Å². The Hall–Kier alpha value is -1.84. The molecule has 0 bridgehead atoms. The quantitative estimate of drug-likeness (QED) is 0.404. The molecule has 0 aliphatic rings. The zero-order chi connectivity index (χ0) is 21.0. The number of rotatable bonds is 14. The summed E-state index contributed by atoms with van der Waals surface area (Å²) in [6.45, 7) is 3.50. The van der Waals surface area contributed by atoms with Crippen molar-refractivity contribution in [2.45, 2.75) is 57.5 Å². The van der Waals surface area contributed by atoms with Gasteiger partial charge in [0.05, 0.1) is 12.2 Å². The topological polar surface area (TPSA) is 32.7 Å². The molecule has 29 heavy (non-hydrogen) atoms. The van der Waals surface area contributed by atoms with Gasteiger partial charge in [0.15, 0.2) is 0 Å². The summed E-state index contributed by atoms with van der Waals surface area (Å²) in [4.78, 5) is 2.15. The highest BCUT2D eigenvalue weighted by molar-refractivity contribution is 5.24. The van der Waals surface area contributed by atoms with Gasteiger partial charge in [0.1, 0.15) is 5.75 Å². The molecule has 0 saturated heterocycles. The highest BCUT2D eigenvalue weighted by Gasteiger charge is 2.38. The van der Waals surface area contributed by atoms with Gasteiger partial charge in [-0.1, -0.05) is 94.0 Å². The highest BCUT2D eigenvalue weighted by Crippen LogP contribution is 2.36. The third kappa shape index (κ3) is 7.83. The van der Waals surface area contributed by atoms with Gasteiger partial charge in [-0.25, -0.2) is 0 Å². The molecule has 2 rings (SSSR count). The number of aliphatic hydroxyl groups is 1. The van der Waals surface area contributed by atoms with Gasteiger partial charge in [-0.15, -0.1) is 0 Å². The van der Waals surface area contributed by atoms with Crippen LogP contribution in [0.25, 0.3) is 0 Å². The Kier molecular flexibility index (Phi) is 10.2. The molecule has 0 heterocycles. The van der Waals surface area contributed by atoms with Gasteiger partial charge in [0, 0.05) is 12.5 Å². The smallest absolute Gasteiger partial charge is 0.119 e. The van der Waals surface area contributed by atoms with Crippen LogP contribution in [0, 0.1) is 5.92 Å². The molecule has 0 amide bonds. The lowest BCUT2D eigenvalue weighted by atomic mass is 9.77. The van der Waals surface area contributed by atoms with Crippen LogP contribution in [0.4, 0.5) is 0 Å². The summed E-state index contributed by atoms with van der Waals surface area (Å²) >= 11 is 0. The molecule has 0 aromatic heterocycles. The second kappa shape index (κ2) is 12.7. The number of nitrogens with zero attached hydrogens (tertiary/aromatic N) is 1. The summed E-state index contributed by atoms with van der Waals surface area (Å²) in [5, 5.41) is 12.0. The maximum absolute atomic E-state index is 12.0. The van der Waals surface area contributed by atoms with Crippen molar-refractivity contribution in [3.63, 3.8) is 0 Å². The minimum atomic E-state index is -0.898. The molecule has 0 saturated carbocycles. The van der Waals surface area contributed by atoms with Gasteiger partial charge in [-0.3, -0.25) is 0 Å². The number of hydrogen-bond donors (Lipinski definition) is 1. The molecule has 2 atom stereocenters. The van der Waals surface area contributed by atoms with E-state index < -0.39 is 5.60 Å². The Morgan fingerprint density at radius 2 is 1.45 bits per heavy atom. The number of unbranched alkanes of at least 4 members (excludes halogenated alkanes) is 5. The van der Waals surface area contributed by atoms with Crippen LogP contribution in [0.5, 0.6) is 5.75 Å². The van der Waals surface area contributed by atoms with E-state index >= 15 is 0 Å². The van der Waals surface area contributed by atoms with E-state index in [2.05, 4.69) is 38.1 Å². The zero-order valence-corrected chi connectivity index (χ0v) is 18.5. The van der Waals surface area contributed by atoms with Crippen molar-refractivity contribution >= 4 is 0 Å². The molecule has 3 heteroatoms. The standard InChI is InChI=1S/C26H39NO2/c1-4-5-6-7-8-15-20-26(28,23-16-11-9-12-17-23)24(21-27(2)3)22-29-25-18-13-10-14-19-25/h9-14,16-19,24,28H,4-8,15,20-22H2,1-3H3. The summed E-state index contributed by atoms with van der Waals surface area (Å²) in [7, 11) is 4.12. The number of para-hydroxylation sites is 1. The molecular weight excluding hydrogens is 358 g/mol. The lowest BCUT2D eigenvalue weighted by Crippen LogP contribution is -2.44. The van der Waals surface area contributed by atoms with E-state index in [0.29, 0.717) is 6.61 Å². The number of hydrogen-bond acceptors (Lipinski definition) is 3. The Morgan fingerprint density at radius 3 is 2.07 bits per heavy atom. The van der Waals surface area contributed by atoms with Crippen LogP contribution in [0.2, 0.25) is 0 Å². The largest absolute Gasteiger partial charge is 0.493 e. The molecule has 1 N–H and O–H groups in total.